The minimum atomic E-state index is 0. The van der Waals surface area contributed by atoms with E-state index in [1.165, 1.54) is 70.9 Å². The second-order valence-electron chi connectivity index (χ2n) is 7.61. The highest BCUT2D eigenvalue weighted by molar-refractivity contribution is 4.63. The van der Waals surface area contributed by atoms with Gasteiger partial charge in [-0.3, -0.25) is 0 Å². The first kappa shape index (κ1) is 23.7. The number of rotatable bonds is 13. The molecule has 0 aliphatic rings. The molecule has 0 heterocycles. The van der Waals surface area contributed by atoms with Crippen molar-refractivity contribution in [1.29, 1.82) is 0 Å². The summed E-state index contributed by atoms with van der Waals surface area (Å²) in [6, 6.07) is 0.748. The van der Waals surface area contributed by atoms with Crippen LogP contribution < -0.4 is 17.0 Å². The lowest BCUT2D eigenvalue weighted by Gasteiger charge is -2.26. The monoisotopic (exact) mass is 364 g/mol. The summed E-state index contributed by atoms with van der Waals surface area (Å²) >= 11 is 0. The molecule has 0 radical (unpaired) electrons. The lowest BCUT2D eigenvalue weighted by molar-refractivity contribution is -0.870. The highest BCUT2D eigenvalue weighted by atomic mass is 79.9. The van der Waals surface area contributed by atoms with Crippen LogP contribution in [0.25, 0.3) is 0 Å². The van der Waals surface area contributed by atoms with Crippen LogP contribution in [0.2, 0.25) is 0 Å². The molecule has 0 amide bonds. The predicted molar refractivity (Wildman–Crippen MR) is 92.2 cm³/mol. The van der Waals surface area contributed by atoms with Crippen molar-refractivity contribution >= 4 is 0 Å². The van der Waals surface area contributed by atoms with E-state index in [0.717, 1.165) is 10.5 Å². The van der Waals surface area contributed by atoms with Crippen LogP contribution in [0.1, 0.15) is 71.6 Å². The summed E-state index contributed by atoms with van der Waals surface area (Å²) in [5, 5.41) is 0. The summed E-state index contributed by atoms with van der Waals surface area (Å²) in [4.78, 5) is 2.56. The molecule has 0 aromatic carbocycles. The van der Waals surface area contributed by atoms with E-state index in [1.54, 1.807) is 0 Å². The van der Waals surface area contributed by atoms with Gasteiger partial charge in [0.1, 0.15) is 0 Å². The first-order valence-corrected chi connectivity index (χ1v) is 8.87. The van der Waals surface area contributed by atoms with Gasteiger partial charge in [-0.2, -0.15) is 0 Å². The van der Waals surface area contributed by atoms with Crippen molar-refractivity contribution in [3.63, 3.8) is 0 Å². The van der Waals surface area contributed by atoms with E-state index in [9.17, 15) is 0 Å². The summed E-state index contributed by atoms with van der Waals surface area (Å²) in [6.45, 7) is 7.26. The van der Waals surface area contributed by atoms with Gasteiger partial charge in [-0.1, -0.05) is 39.0 Å². The maximum Gasteiger partial charge on any atom is 0.0780 e. The Morgan fingerprint density at radius 2 is 1.43 bits per heavy atom. The molecule has 0 rings (SSSR count). The molecule has 0 bridgehead atoms. The van der Waals surface area contributed by atoms with Crippen molar-refractivity contribution in [3.05, 3.63) is 0 Å². The van der Waals surface area contributed by atoms with Gasteiger partial charge in [-0.15, -0.1) is 0 Å². The molecule has 2 nitrogen and oxygen atoms in total. The van der Waals surface area contributed by atoms with Crippen molar-refractivity contribution in [1.82, 2.24) is 4.90 Å². The number of hydrogen-bond donors (Lipinski definition) is 0. The molecule has 21 heavy (non-hydrogen) atoms. The third kappa shape index (κ3) is 16.6. The van der Waals surface area contributed by atoms with Gasteiger partial charge in [0, 0.05) is 6.04 Å². The number of nitrogens with zero attached hydrogens (tertiary/aromatic N) is 2. The molecule has 0 aromatic heterocycles. The van der Waals surface area contributed by atoms with Crippen LogP contribution in [0.4, 0.5) is 0 Å². The fourth-order valence-corrected chi connectivity index (χ4v) is 2.61. The van der Waals surface area contributed by atoms with Gasteiger partial charge in [0.25, 0.3) is 0 Å². The normalized spacial score (nSPS) is 13.3. The van der Waals surface area contributed by atoms with E-state index in [4.69, 9.17) is 0 Å². The molecule has 0 fully saturated rings. The highest BCUT2D eigenvalue weighted by Crippen LogP contribution is 2.10. The average molecular weight is 365 g/mol. The van der Waals surface area contributed by atoms with Crippen molar-refractivity contribution in [2.24, 2.45) is 0 Å². The summed E-state index contributed by atoms with van der Waals surface area (Å²) in [7, 11) is 9.16. The SMILES string of the molecule is CCCCCCCCN(C)C(C)CCCC[N+](C)(C)C.[Br-]. The van der Waals surface area contributed by atoms with Crippen molar-refractivity contribution in [2.45, 2.75) is 77.7 Å². The van der Waals surface area contributed by atoms with Gasteiger partial charge in [0.2, 0.25) is 0 Å². The number of unbranched alkanes of at least 4 members (excludes halogenated alkanes) is 6. The Bertz CT molecular complexity index is 214. The minimum absolute atomic E-state index is 0. The molecule has 1 atom stereocenters. The Kier molecular flexibility index (Phi) is 15.8. The van der Waals surface area contributed by atoms with Gasteiger partial charge in [-0.05, 0) is 46.2 Å². The standard InChI is InChI=1S/C18H41N2.BrH/c1-7-8-9-10-11-13-16-19(3)18(2)15-12-14-17-20(4,5)6;/h18H,7-17H2,1-6H3;1H/q+1;/p-1. The van der Waals surface area contributed by atoms with Crippen LogP contribution in [-0.2, 0) is 0 Å². The van der Waals surface area contributed by atoms with Crippen LogP contribution >= 0.6 is 0 Å². The van der Waals surface area contributed by atoms with Gasteiger partial charge >= 0.3 is 0 Å². The maximum atomic E-state index is 2.56. The zero-order valence-corrected chi connectivity index (χ0v) is 17.2. The summed E-state index contributed by atoms with van der Waals surface area (Å²) in [5.41, 5.74) is 0. The van der Waals surface area contributed by atoms with Crippen molar-refractivity contribution < 1.29 is 21.5 Å². The van der Waals surface area contributed by atoms with Crippen LogP contribution in [0.5, 0.6) is 0 Å². The van der Waals surface area contributed by atoms with E-state index in [0.29, 0.717) is 0 Å². The molecular formula is C18H41BrN2. The predicted octanol–water partition coefficient (Wildman–Crippen LogP) is 1.55. The summed E-state index contributed by atoms with van der Waals surface area (Å²) in [5.74, 6) is 0. The second kappa shape index (κ2) is 14.0. The Labute approximate surface area is 145 Å². The minimum Gasteiger partial charge on any atom is -1.00 e. The fourth-order valence-electron chi connectivity index (χ4n) is 2.61. The van der Waals surface area contributed by atoms with Gasteiger partial charge in [0.15, 0.2) is 0 Å². The molecule has 1 unspecified atom stereocenters. The molecule has 0 aromatic rings. The molecule has 3 heteroatoms. The summed E-state index contributed by atoms with van der Waals surface area (Å²) < 4.78 is 1.10. The molecule has 0 aliphatic carbocycles. The molecule has 0 N–H and O–H groups in total. The van der Waals surface area contributed by atoms with Gasteiger partial charge < -0.3 is 26.4 Å². The Morgan fingerprint density at radius 1 is 0.857 bits per heavy atom. The quantitative estimate of drug-likeness (QED) is 0.354. The summed E-state index contributed by atoms with van der Waals surface area (Å²) in [6.07, 6.45) is 12.5. The zero-order valence-electron chi connectivity index (χ0n) is 15.6. The van der Waals surface area contributed by atoms with E-state index in [-0.39, 0.29) is 17.0 Å². The fraction of sp³-hybridized carbons (Fsp3) is 1.00. The Morgan fingerprint density at radius 3 is 2.00 bits per heavy atom. The molecule has 0 spiro atoms. The first-order chi connectivity index (χ1) is 9.37. The van der Waals surface area contributed by atoms with Crippen LogP contribution in [0, 0.1) is 0 Å². The van der Waals surface area contributed by atoms with E-state index < -0.39 is 0 Å². The topological polar surface area (TPSA) is 3.24 Å². The van der Waals surface area contributed by atoms with Gasteiger partial charge in [-0.25, -0.2) is 0 Å². The molecule has 0 saturated carbocycles. The number of hydrogen-bond acceptors (Lipinski definition) is 1. The van der Waals surface area contributed by atoms with E-state index in [2.05, 4.69) is 46.9 Å². The van der Waals surface area contributed by atoms with Crippen molar-refractivity contribution in [2.75, 3.05) is 41.3 Å². The Hall–Kier alpha value is 0.400. The van der Waals surface area contributed by atoms with Crippen LogP contribution in [-0.4, -0.2) is 56.7 Å². The van der Waals surface area contributed by atoms with E-state index >= 15 is 0 Å². The number of quaternary nitrogens is 1. The third-order valence-electron chi connectivity index (χ3n) is 4.32. The molecule has 0 saturated heterocycles. The van der Waals surface area contributed by atoms with E-state index in [1.807, 2.05) is 0 Å². The average Bonchev–Trinajstić information content (AvgIpc) is 2.37. The van der Waals surface area contributed by atoms with Crippen LogP contribution in [0.3, 0.4) is 0 Å². The van der Waals surface area contributed by atoms with Crippen molar-refractivity contribution in [3.8, 4) is 0 Å². The first-order valence-electron chi connectivity index (χ1n) is 8.87. The third-order valence-corrected chi connectivity index (χ3v) is 4.32. The second-order valence-corrected chi connectivity index (χ2v) is 7.61. The largest absolute Gasteiger partial charge is 1.00 e. The molecule has 130 valence electrons. The lowest BCUT2D eigenvalue weighted by Crippen LogP contribution is -3.00. The number of halogens is 1. The van der Waals surface area contributed by atoms with Crippen LogP contribution in [0.15, 0.2) is 0 Å². The maximum absolute atomic E-state index is 2.56. The lowest BCUT2D eigenvalue weighted by atomic mass is 10.1. The smallest absolute Gasteiger partial charge is 0.0780 e. The zero-order chi connectivity index (χ0) is 15.4. The van der Waals surface area contributed by atoms with Gasteiger partial charge in [0.05, 0.1) is 27.7 Å². The highest BCUT2D eigenvalue weighted by Gasteiger charge is 2.10. The molecular weight excluding hydrogens is 324 g/mol. The molecule has 0 aliphatic heterocycles. The Balaban J connectivity index is 0.